The Morgan fingerprint density at radius 2 is 1.88 bits per heavy atom. The molecular weight excluding hydrogens is 434 g/mol. The van der Waals surface area contributed by atoms with Gasteiger partial charge >= 0.3 is 18.0 Å². The molecule has 4 amide bonds. The van der Waals surface area contributed by atoms with Crippen molar-refractivity contribution in [3.8, 4) is 0 Å². The van der Waals surface area contributed by atoms with Crippen LogP contribution in [0.2, 0.25) is 0 Å². The van der Waals surface area contributed by atoms with Gasteiger partial charge in [0.1, 0.15) is 0 Å². The third kappa shape index (κ3) is 5.70. The molecule has 0 radical (unpaired) electrons. The van der Waals surface area contributed by atoms with Gasteiger partial charge in [-0.1, -0.05) is 36.8 Å². The summed E-state index contributed by atoms with van der Waals surface area (Å²) in [6.45, 7) is 11.0. The van der Waals surface area contributed by atoms with Crippen molar-refractivity contribution in [2.75, 3.05) is 46.4 Å². The first-order valence-electron chi connectivity index (χ1n) is 12.0. The maximum atomic E-state index is 13.1. The zero-order chi connectivity index (χ0) is 24.8. The highest BCUT2D eigenvalue weighted by Gasteiger charge is 2.38. The Morgan fingerprint density at radius 3 is 2.50 bits per heavy atom. The van der Waals surface area contributed by atoms with E-state index in [0.29, 0.717) is 44.0 Å². The predicted octanol–water partition coefficient (Wildman–Crippen LogP) is 2.63. The van der Waals surface area contributed by atoms with Crippen molar-refractivity contribution in [3.05, 3.63) is 46.7 Å². The van der Waals surface area contributed by atoms with Crippen LogP contribution in [0.1, 0.15) is 44.4 Å². The van der Waals surface area contributed by atoms with Crippen molar-refractivity contribution in [2.45, 2.75) is 46.2 Å². The summed E-state index contributed by atoms with van der Waals surface area (Å²) in [7, 11) is 1.67. The van der Waals surface area contributed by atoms with Crippen LogP contribution in [0.25, 0.3) is 0 Å². The maximum absolute atomic E-state index is 13.1. The number of piperazine rings is 1. The van der Waals surface area contributed by atoms with Crippen molar-refractivity contribution in [1.29, 1.82) is 0 Å². The number of urea groups is 2. The number of nitrogens with one attached hydrogen (secondary N) is 2. The van der Waals surface area contributed by atoms with Gasteiger partial charge in [-0.15, -0.1) is 0 Å². The summed E-state index contributed by atoms with van der Waals surface area (Å²) in [5.41, 5.74) is 3.01. The van der Waals surface area contributed by atoms with E-state index in [9.17, 15) is 14.4 Å². The molecule has 9 nitrogen and oxygen atoms in total. The number of rotatable bonds is 7. The van der Waals surface area contributed by atoms with Crippen LogP contribution in [0, 0.1) is 6.92 Å². The van der Waals surface area contributed by atoms with Crippen LogP contribution in [0.15, 0.2) is 35.5 Å². The molecule has 1 aromatic carbocycles. The monoisotopic (exact) mass is 471 g/mol. The third-order valence-corrected chi connectivity index (χ3v) is 6.36. The number of hydrogen-bond donors (Lipinski definition) is 2. The second-order valence-corrected chi connectivity index (χ2v) is 8.94. The summed E-state index contributed by atoms with van der Waals surface area (Å²) in [5, 5.41) is 5.90. The number of esters is 1. The molecule has 2 heterocycles. The largest absolute Gasteiger partial charge is 0.463 e. The molecule has 2 atom stereocenters. The Bertz CT molecular complexity index is 930. The van der Waals surface area contributed by atoms with E-state index < -0.39 is 12.0 Å². The lowest BCUT2D eigenvalue weighted by atomic mass is 9.93. The fourth-order valence-electron chi connectivity index (χ4n) is 4.43. The average molecular weight is 472 g/mol. The highest BCUT2D eigenvalue weighted by atomic mass is 16.5. The minimum atomic E-state index is -0.586. The average Bonchev–Trinajstić information content (AvgIpc) is 2.81. The van der Waals surface area contributed by atoms with Gasteiger partial charge in [0, 0.05) is 51.5 Å². The first-order valence-corrected chi connectivity index (χ1v) is 12.0. The lowest BCUT2D eigenvalue weighted by Crippen LogP contribution is -2.58. The first kappa shape index (κ1) is 25.6. The van der Waals surface area contributed by atoms with E-state index in [0.717, 1.165) is 17.5 Å². The minimum Gasteiger partial charge on any atom is -0.463 e. The zero-order valence-corrected chi connectivity index (χ0v) is 20.9. The second kappa shape index (κ2) is 11.4. The van der Waals surface area contributed by atoms with Crippen molar-refractivity contribution in [1.82, 2.24) is 25.3 Å². The number of benzene rings is 1. The van der Waals surface area contributed by atoms with Gasteiger partial charge in [-0.2, -0.15) is 0 Å². The molecule has 0 aliphatic carbocycles. The Morgan fingerprint density at radius 1 is 1.18 bits per heavy atom. The molecule has 0 unspecified atom stereocenters. The van der Waals surface area contributed by atoms with Crippen LogP contribution >= 0.6 is 0 Å². The maximum Gasteiger partial charge on any atom is 0.338 e. The molecule has 186 valence electrons. The molecule has 0 aromatic heterocycles. The van der Waals surface area contributed by atoms with Gasteiger partial charge in [0.15, 0.2) is 0 Å². The van der Waals surface area contributed by atoms with Gasteiger partial charge < -0.3 is 20.3 Å². The minimum absolute atomic E-state index is 0.00729. The van der Waals surface area contributed by atoms with E-state index >= 15 is 0 Å². The van der Waals surface area contributed by atoms with E-state index in [1.807, 2.05) is 49.9 Å². The molecule has 2 N–H and O–H groups in total. The highest BCUT2D eigenvalue weighted by molar-refractivity contribution is 5.95. The number of hydrogen-bond acceptors (Lipinski definition) is 5. The molecule has 2 aliphatic heterocycles. The highest BCUT2D eigenvalue weighted by Crippen LogP contribution is 2.32. The number of carbonyl (C=O) groups excluding carboxylic acids is 3. The topological polar surface area (TPSA) is 94.2 Å². The van der Waals surface area contributed by atoms with Crippen LogP contribution < -0.4 is 10.6 Å². The summed E-state index contributed by atoms with van der Waals surface area (Å²) >= 11 is 0. The molecule has 2 aliphatic rings. The summed E-state index contributed by atoms with van der Waals surface area (Å²) in [5.74, 6) is -0.430. The Hall–Kier alpha value is -3.07. The van der Waals surface area contributed by atoms with Crippen molar-refractivity contribution in [3.63, 3.8) is 0 Å². The van der Waals surface area contributed by atoms with Gasteiger partial charge in [0.2, 0.25) is 0 Å². The molecule has 1 saturated heterocycles. The second-order valence-electron chi connectivity index (χ2n) is 8.94. The molecule has 1 fully saturated rings. The normalized spacial score (nSPS) is 21.4. The van der Waals surface area contributed by atoms with E-state index in [1.165, 1.54) is 4.90 Å². The van der Waals surface area contributed by atoms with Gasteiger partial charge in [-0.25, -0.2) is 14.4 Å². The SMILES string of the molecule is CCCNC(=O)N1CCN(CC2=C(C(=O)OCC)[C@@H](c3ccc(C)cc3)NC(=O)N2C)C[C@@H]1C. The predicted molar refractivity (Wildman–Crippen MR) is 130 cm³/mol. The van der Waals surface area contributed by atoms with E-state index in [-0.39, 0.29) is 24.7 Å². The van der Waals surface area contributed by atoms with Gasteiger partial charge in [0.05, 0.1) is 18.2 Å². The summed E-state index contributed by atoms with van der Waals surface area (Å²) in [6.07, 6.45) is 0.890. The number of likely N-dealkylation sites (N-methyl/N-ethyl adjacent to an activating group) is 1. The van der Waals surface area contributed by atoms with Crippen LogP contribution in [0.3, 0.4) is 0 Å². The van der Waals surface area contributed by atoms with E-state index in [4.69, 9.17) is 4.74 Å². The molecule has 9 heteroatoms. The smallest absolute Gasteiger partial charge is 0.338 e. The lowest BCUT2D eigenvalue weighted by Gasteiger charge is -2.42. The van der Waals surface area contributed by atoms with E-state index in [1.54, 1.807) is 14.0 Å². The quantitative estimate of drug-likeness (QED) is 0.597. The van der Waals surface area contributed by atoms with Crippen molar-refractivity contribution >= 4 is 18.0 Å². The molecule has 1 aromatic rings. The standard InChI is InChI=1S/C25H37N5O4/c1-6-12-26-24(32)30-14-13-29(15-18(30)4)16-20-21(23(31)34-7-2)22(27-25(33)28(20)5)19-10-8-17(3)9-11-19/h8-11,18,22H,6-7,12-16H2,1-5H3,(H,26,32)(H,27,33)/t18-,22+/m0/s1. The fourth-order valence-corrected chi connectivity index (χ4v) is 4.43. The molecule has 3 rings (SSSR count). The summed E-state index contributed by atoms with van der Waals surface area (Å²) < 4.78 is 5.41. The molecule has 0 spiro atoms. The Labute approximate surface area is 202 Å². The lowest BCUT2D eigenvalue weighted by molar-refractivity contribution is -0.139. The van der Waals surface area contributed by atoms with Gasteiger partial charge in [-0.05, 0) is 32.8 Å². The fraction of sp³-hybridized carbons (Fsp3) is 0.560. The number of nitrogens with zero attached hydrogens (tertiary/aromatic N) is 3. The Kier molecular flexibility index (Phi) is 8.55. The van der Waals surface area contributed by atoms with Gasteiger partial charge in [-0.3, -0.25) is 9.80 Å². The summed E-state index contributed by atoms with van der Waals surface area (Å²) in [6, 6.07) is 6.90. The van der Waals surface area contributed by atoms with Crippen LogP contribution in [-0.4, -0.2) is 85.2 Å². The first-order chi connectivity index (χ1) is 16.3. The van der Waals surface area contributed by atoms with Crippen molar-refractivity contribution in [2.24, 2.45) is 0 Å². The summed E-state index contributed by atoms with van der Waals surface area (Å²) in [4.78, 5) is 44.0. The van der Waals surface area contributed by atoms with Crippen molar-refractivity contribution < 1.29 is 19.1 Å². The molecule has 0 bridgehead atoms. The third-order valence-electron chi connectivity index (χ3n) is 6.36. The molecule has 0 saturated carbocycles. The van der Waals surface area contributed by atoms with Crippen LogP contribution in [0.4, 0.5) is 9.59 Å². The molecular formula is C25H37N5O4. The number of ether oxygens (including phenoxy) is 1. The Balaban J connectivity index is 1.88. The molecule has 34 heavy (non-hydrogen) atoms. The van der Waals surface area contributed by atoms with E-state index in [2.05, 4.69) is 15.5 Å². The van der Waals surface area contributed by atoms with Crippen LogP contribution in [-0.2, 0) is 9.53 Å². The number of aryl methyl sites for hydroxylation is 1. The number of amides is 4. The van der Waals surface area contributed by atoms with Crippen LogP contribution in [0.5, 0.6) is 0 Å². The number of carbonyl (C=O) groups is 3. The zero-order valence-electron chi connectivity index (χ0n) is 20.9. The van der Waals surface area contributed by atoms with Gasteiger partial charge in [0.25, 0.3) is 0 Å².